The van der Waals surface area contributed by atoms with Crippen molar-refractivity contribution in [3.8, 4) is 5.75 Å². The molecule has 0 aromatic heterocycles. The maximum atomic E-state index is 14.3. The Morgan fingerprint density at radius 2 is 1.81 bits per heavy atom. The third-order valence-corrected chi connectivity index (χ3v) is 6.40. The Labute approximate surface area is 212 Å². The van der Waals surface area contributed by atoms with Crippen molar-refractivity contribution in [3.05, 3.63) is 95.3 Å². The van der Waals surface area contributed by atoms with Crippen LogP contribution in [0.1, 0.15) is 56.8 Å². The van der Waals surface area contributed by atoms with Crippen molar-refractivity contribution in [1.29, 1.82) is 0 Å². The van der Waals surface area contributed by atoms with E-state index in [0.717, 1.165) is 11.1 Å². The smallest absolute Gasteiger partial charge is 0.265 e. The number of carbonyl (C=O) groups excluding carboxylic acids is 2. The van der Waals surface area contributed by atoms with Gasteiger partial charge in [0.05, 0.1) is 6.04 Å². The molecule has 6 heteroatoms. The fourth-order valence-electron chi connectivity index (χ4n) is 4.58. The predicted octanol–water partition coefficient (Wildman–Crippen LogP) is 6.14. The zero-order chi connectivity index (χ0) is 25.9. The molecule has 0 aliphatic carbocycles. The average molecular weight is 489 g/mol. The minimum atomic E-state index is -0.688. The number of nitrogens with zero attached hydrogens (tertiary/aromatic N) is 1. The lowest BCUT2D eigenvalue weighted by molar-refractivity contribution is -0.141. The minimum Gasteiger partial charge on any atom is -0.481 e. The molecule has 1 aliphatic heterocycles. The zero-order valence-electron chi connectivity index (χ0n) is 21.3. The summed E-state index contributed by atoms with van der Waals surface area (Å²) in [5.74, 6) is -0.0378. The summed E-state index contributed by atoms with van der Waals surface area (Å²) in [7, 11) is 0. The Balaban J connectivity index is 1.67. The van der Waals surface area contributed by atoms with E-state index >= 15 is 0 Å². The molecule has 4 rings (SSSR count). The fraction of sp³-hybridized carbons (Fsp3) is 0.333. The lowest BCUT2D eigenvalue weighted by Crippen LogP contribution is -2.45. The average Bonchev–Trinajstić information content (AvgIpc) is 2.86. The van der Waals surface area contributed by atoms with Crippen LogP contribution in [0.2, 0.25) is 0 Å². The number of halogens is 1. The highest BCUT2D eigenvalue weighted by molar-refractivity contribution is 5.94. The number of nitrogens with one attached hydrogen (secondary N) is 1. The van der Waals surface area contributed by atoms with Crippen LogP contribution in [0.25, 0.3) is 0 Å². The molecule has 188 valence electrons. The van der Waals surface area contributed by atoms with Crippen molar-refractivity contribution in [2.45, 2.75) is 52.7 Å². The molecule has 2 atom stereocenters. The molecule has 0 unspecified atom stereocenters. The molecule has 3 aromatic carbocycles. The number of hydrogen-bond acceptors (Lipinski definition) is 3. The van der Waals surface area contributed by atoms with Crippen LogP contribution in [0.4, 0.5) is 10.1 Å². The number of anilines is 1. The van der Waals surface area contributed by atoms with Gasteiger partial charge >= 0.3 is 0 Å². The van der Waals surface area contributed by atoms with E-state index in [2.05, 4.69) is 5.32 Å². The molecule has 2 amide bonds. The van der Waals surface area contributed by atoms with Crippen molar-refractivity contribution in [2.75, 3.05) is 11.9 Å². The number of para-hydroxylation sites is 1. The van der Waals surface area contributed by atoms with Crippen molar-refractivity contribution in [1.82, 2.24) is 4.90 Å². The molecule has 1 heterocycles. The Morgan fingerprint density at radius 3 is 2.47 bits per heavy atom. The summed E-state index contributed by atoms with van der Waals surface area (Å²) in [6.07, 6.45) is 0.485. The van der Waals surface area contributed by atoms with Crippen LogP contribution in [-0.2, 0) is 16.0 Å². The quantitative estimate of drug-likeness (QED) is 0.453. The van der Waals surface area contributed by atoms with E-state index in [4.69, 9.17) is 4.74 Å². The van der Waals surface area contributed by atoms with Gasteiger partial charge in [0.2, 0.25) is 5.91 Å². The molecule has 0 spiro atoms. The first-order valence-corrected chi connectivity index (χ1v) is 12.4. The standard InChI is InChI=1S/C30H33FN2O3/c1-5-26(28(34)32-23-12-7-6-8-13-23)36-24-15-14-20-16-17-33(29(35)30(2,3)4)27(25(20)19-24)21-10-9-11-22(31)18-21/h6-15,18-19,26-27H,5,16-17H2,1-4H3,(H,32,34)/t26-,27-/m0/s1. The van der Waals surface area contributed by atoms with Gasteiger partial charge in [0.15, 0.2) is 6.10 Å². The lowest BCUT2D eigenvalue weighted by Gasteiger charge is -2.41. The molecule has 5 nitrogen and oxygen atoms in total. The molecule has 36 heavy (non-hydrogen) atoms. The van der Waals surface area contributed by atoms with E-state index in [1.54, 1.807) is 6.07 Å². The minimum absolute atomic E-state index is 0.00223. The third kappa shape index (κ3) is 5.59. The summed E-state index contributed by atoms with van der Waals surface area (Å²) in [6, 6.07) is 21.0. The summed E-state index contributed by atoms with van der Waals surface area (Å²) in [5.41, 5.74) is 2.80. The van der Waals surface area contributed by atoms with E-state index in [1.807, 2.05) is 87.2 Å². The Kier molecular flexibility index (Phi) is 7.43. The zero-order valence-corrected chi connectivity index (χ0v) is 21.3. The van der Waals surface area contributed by atoms with Crippen LogP contribution in [0.15, 0.2) is 72.8 Å². The molecule has 0 saturated heterocycles. The monoisotopic (exact) mass is 488 g/mol. The van der Waals surface area contributed by atoms with Crippen molar-refractivity contribution in [3.63, 3.8) is 0 Å². The number of carbonyl (C=O) groups is 2. The molecule has 0 bridgehead atoms. The highest BCUT2D eigenvalue weighted by atomic mass is 19.1. The summed E-state index contributed by atoms with van der Waals surface area (Å²) in [6.45, 7) is 8.12. The molecular formula is C30H33FN2O3. The molecule has 0 saturated carbocycles. The van der Waals surface area contributed by atoms with Gasteiger partial charge in [-0.25, -0.2) is 4.39 Å². The van der Waals surface area contributed by atoms with E-state index in [9.17, 15) is 14.0 Å². The number of rotatable bonds is 6. The van der Waals surface area contributed by atoms with E-state index in [-0.39, 0.29) is 17.6 Å². The second kappa shape index (κ2) is 10.5. The summed E-state index contributed by atoms with van der Waals surface area (Å²) >= 11 is 0. The van der Waals surface area contributed by atoms with Gasteiger partial charge in [0.1, 0.15) is 11.6 Å². The van der Waals surface area contributed by atoms with Gasteiger partial charge in [-0.2, -0.15) is 0 Å². The normalized spacial score (nSPS) is 16.1. The number of hydrogen-bond donors (Lipinski definition) is 1. The Bertz CT molecular complexity index is 1240. The molecular weight excluding hydrogens is 455 g/mol. The third-order valence-electron chi connectivity index (χ3n) is 6.40. The van der Waals surface area contributed by atoms with E-state index in [0.29, 0.717) is 36.4 Å². The van der Waals surface area contributed by atoms with Crippen LogP contribution >= 0.6 is 0 Å². The first-order chi connectivity index (χ1) is 17.2. The van der Waals surface area contributed by atoms with Crippen molar-refractivity contribution in [2.24, 2.45) is 5.41 Å². The fourth-order valence-corrected chi connectivity index (χ4v) is 4.58. The second-order valence-electron chi connectivity index (χ2n) is 10.2. The van der Waals surface area contributed by atoms with Gasteiger partial charge in [0, 0.05) is 17.6 Å². The van der Waals surface area contributed by atoms with E-state index in [1.165, 1.54) is 12.1 Å². The number of benzene rings is 3. The van der Waals surface area contributed by atoms with Crippen LogP contribution in [0.3, 0.4) is 0 Å². The van der Waals surface area contributed by atoms with Crippen molar-refractivity contribution < 1.29 is 18.7 Å². The largest absolute Gasteiger partial charge is 0.481 e. The topological polar surface area (TPSA) is 58.6 Å². The maximum Gasteiger partial charge on any atom is 0.265 e. The second-order valence-corrected chi connectivity index (χ2v) is 10.2. The molecule has 1 aliphatic rings. The predicted molar refractivity (Wildman–Crippen MR) is 139 cm³/mol. The maximum absolute atomic E-state index is 14.3. The lowest BCUT2D eigenvalue weighted by atomic mass is 9.85. The molecule has 0 radical (unpaired) electrons. The highest BCUT2D eigenvalue weighted by Crippen LogP contribution is 2.39. The van der Waals surface area contributed by atoms with Crippen molar-refractivity contribution >= 4 is 17.5 Å². The highest BCUT2D eigenvalue weighted by Gasteiger charge is 2.37. The number of ether oxygens (including phenoxy) is 1. The molecule has 0 fully saturated rings. The molecule has 1 N–H and O–H groups in total. The number of amides is 2. The van der Waals surface area contributed by atoms with Crippen LogP contribution < -0.4 is 10.1 Å². The van der Waals surface area contributed by atoms with E-state index < -0.39 is 17.6 Å². The van der Waals surface area contributed by atoms with Gasteiger partial charge in [-0.05, 0) is 65.9 Å². The van der Waals surface area contributed by atoms with Gasteiger partial charge in [0.25, 0.3) is 5.91 Å². The Hall–Kier alpha value is -3.67. The Morgan fingerprint density at radius 1 is 1.06 bits per heavy atom. The summed E-state index contributed by atoms with van der Waals surface area (Å²) in [4.78, 5) is 28.1. The van der Waals surface area contributed by atoms with Gasteiger partial charge in [-0.3, -0.25) is 9.59 Å². The van der Waals surface area contributed by atoms with Crippen LogP contribution in [-0.4, -0.2) is 29.4 Å². The molecule has 3 aromatic rings. The SMILES string of the molecule is CC[C@H](Oc1ccc2c(c1)[C@H](c1cccc(F)c1)N(C(=O)C(C)(C)C)CC2)C(=O)Nc1ccccc1. The van der Waals surface area contributed by atoms with Crippen LogP contribution in [0.5, 0.6) is 5.75 Å². The van der Waals surface area contributed by atoms with Gasteiger partial charge < -0.3 is 15.0 Å². The number of fused-ring (bicyclic) bond motifs is 1. The first kappa shape index (κ1) is 25.4. The van der Waals surface area contributed by atoms with Gasteiger partial charge in [-0.15, -0.1) is 0 Å². The summed E-state index contributed by atoms with van der Waals surface area (Å²) < 4.78 is 20.4. The first-order valence-electron chi connectivity index (χ1n) is 12.4. The van der Waals surface area contributed by atoms with Crippen LogP contribution in [0, 0.1) is 11.2 Å². The summed E-state index contributed by atoms with van der Waals surface area (Å²) in [5, 5.41) is 2.90. The van der Waals surface area contributed by atoms with Gasteiger partial charge in [-0.1, -0.05) is 64.1 Å².